The predicted octanol–water partition coefficient (Wildman–Crippen LogP) is -1.60. The van der Waals surface area contributed by atoms with Crippen LogP contribution in [0.5, 0.6) is 0 Å². The molecule has 0 spiro atoms. The molecule has 1 amide bonds. The summed E-state index contributed by atoms with van der Waals surface area (Å²) < 4.78 is 0. The highest BCUT2D eigenvalue weighted by Gasteiger charge is 2.08. The van der Waals surface area contributed by atoms with E-state index in [1.165, 1.54) is 11.8 Å². The third-order valence-electron chi connectivity index (χ3n) is 2.22. The zero-order valence-corrected chi connectivity index (χ0v) is 10.7. The fraction of sp³-hybridized carbons (Fsp3) is 0.333. The number of hydrogen-bond donors (Lipinski definition) is 2. The van der Waals surface area contributed by atoms with Gasteiger partial charge in [0.15, 0.2) is 0 Å². The zero-order chi connectivity index (χ0) is 13.4. The van der Waals surface area contributed by atoms with E-state index in [9.17, 15) is 14.7 Å². The number of aliphatic carboxylic acids is 1. The van der Waals surface area contributed by atoms with Gasteiger partial charge >= 0.3 is 0 Å². The van der Waals surface area contributed by atoms with Gasteiger partial charge in [0.05, 0.1) is 17.5 Å². The Morgan fingerprint density at radius 3 is 2.61 bits per heavy atom. The average molecular weight is 268 g/mol. The molecule has 0 aromatic heterocycles. The van der Waals surface area contributed by atoms with Crippen LogP contribution in [-0.4, -0.2) is 29.4 Å². The van der Waals surface area contributed by atoms with Crippen molar-refractivity contribution in [2.24, 2.45) is 0 Å². The van der Waals surface area contributed by atoms with E-state index in [1.807, 2.05) is 30.3 Å². The summed E-state index contributed by atoms with van der Waals surface area (Å²) in [5.41, 5.74) is 4.44. The maximum atomic E-state index is 11.5. The highest BCUT2D eigenvalue weighted by Crippen LogP contribution is 2.01. The van der Waals surface area contributed by atoms with Crippen LogP contribution in [0, 0.1) is 0 Å². The number of nitrogens with one attached hydrogen (secondary N) is 1. The molecule has 0 fully saturated rings. The maximum absolute atomic E-state index is 11.5. The molecule has 0 aliphatic heterocycles. The number of thioether (sulfide) groups is 1. The third-order valence-corrected chi connectivity index (χ3v) is 3.32. The maximum Gasteiger partial charge on any atom is 0.230 e. The molecule has 0 saturated heterocycles. The van der Waals surface area contributed by atoms with Crippen LogP contribution in [-0.2, 0) is 16.1 Å². The van der Waals surface area contributed by atoms with Gasteiger partial charge in [0.2, 0.25) is 5.91 Å². The molecule has 0 heterocycles. The summed E-state index contributed by atoms with van der Waals surface area (Å²) in [6.07, 6.45) is 0. The van der Waals surface area contributed by atoms with E-state index in [1.54, 1.807) is 0 Å². The monoisotopic (exact) mass is 268 g/mol. The summed E-state index contributed by atoms with van der Waals surface area (Å²) >= 11 is 1.24. The Morgan fingerprint density at radius 2 is 2.00 bits per heavy atom. The summed E-state index contributed by atoms with van der Waals surface area (Å²) in [5.74, 6) is -0.797. The Morgan fingerprint density at radius 1 is 1.33 bits per heavy atom. The van der Waals surface area contributed by atoms with E-state index >= 15 is 0 Å². The molecular weight excluding hydrogens is 252 g/mol. The van der Waals surface area contributed by atoms with Crippen LogP contribution in [0.15, 0.2) is 30.3 Å². The molecule has 18 heavy (non-hydrogen) atoms. The highest BCUT2D eigenvalue weighted by molar-refractivity contribution is 8.00. The summed E-state index contributed by atoms with van der Waals surface area (Å²) in [7, 11) is 0. The van der Waals surface area contributed by atoms with E-state index in [-0.39, 0.29) is 17.4 Å². The first-order chi connectivity index (χ1) is 8.59. The van der Waals surface area contributed by atoms with Gasteiger partial charge in [-0.25, -0.2) is 0 Å². The summed E-state index contributed by atoms with van der Waals surface area (Å²) in [6.45, 7) is 0.481. The van der Waals surface area contributed by atoms with Crippen LogP contribution in [0.2, 0.25) is 0 Å². The second kappa shape index (κ2) is 7.73. The molecule has 5 nitrogen and oxygen atoms in total. The largest absolute Gasteiger partial charge is 0.544 e. The smallest absolute Gasteiger partial charge is 0.230 e. The van der Waals surface area contributed by atoms with Gasteiger partial charge in [-0.15, -0.1) is 11.8 Å². The fourth-order valence-electron chi connectivity index (χ4n) is 1.21. The first-order valence-electron chi connectivity index (χ1n) is 5.52. The van der Waals surface area contributed by atoms with Gasteiger partial charge in [0, 0.05) is 6.54 Å². The number of carbonyl (C=O) groups is 2. The van der Waals surface area contributed by atoms with Crippen LogP contribution in [0.3, 0.4) is 0 Å². The van der Waals surface area contributed by atoms with Crippen molar-refractivity contribution in [1.82, 2.24) is 5.32 Å². The molecule has 0 aliphatic rings. The standard InChI is InChI=1S/C12H16N2O3S/c13-10(12(16)17)7-18-8-11(15)14-6-9-4-2-1-3-5-9/h1-5,10H,6-8,13H2,(H,14,15)(H,16,17)/t10-/m0/s1. The number of rotatable bonds is 7. The quantitative estimate of drug-likeness (QED) is 0.622. The molecule has 0 radical (unpaired) electrons. The Labute approximate surface area is 110 Å². The molecule has 98 valence electrons. The average Bonchev–Trinajstić information content (AvgIpc) is 2.37. The second-order valence-corrected chi connectivity index (χ2v) is 4.82. The number of carbonyl (C=O) groups excluding carboxylic acids is 2. The van der Waals surface area contributed by atoms with Crippen molar-refractivity contribution < 1.29 is 20.4 Å². The van der Waals surface area contributed by atoms with Gasteiger partial charge in [0.1, 0.15) is 6.04 Å². The fourth-order valence-corrected chi connectivity index (χ4v) is 2.04. The van der Waals surface area contributed by atoms with Crippen LogP contribution in [0.25, 0.3) is 0 Å². The summed E-state index contributed by atoms with van der Waals surface area (Å²) in [5, 5.41) is 13.2. The van der Waals surface area contributed by atoms with Crippen molar-refractivity contribution in [3.8, 4) is 0 Å². The minimum absolute atomic E-state index is 0.116. The van der Waals surface area contributed by atoms with E-state index < -0.39 is 12.0 Å². The number of quaternary nitrogens is 1. The second-order valence-electron chi connectivity index (χ2n) is 3.79. The number of carboxylic acid groups (broad SMARTS) is 1. The number of carboxylic acids is 1. The van der Waals surface area contributed by atoms with E-state index in [4.69, 9.17) is 0 Å². The van der Waals surface area contributed by atoms with Crippen LogP contribution >= 0.6 is 11.8 Å². The van der Waals surface area contributed by atoms with Crippen LogP contribution in [0.4, 0.5) is 0 Å². The molecule has 0 saturated carbocycles. The lowest BCUT2D eigenvalue weighted by atomic mass is 10.2. The minimum atomic E-state index is -1.19. The summed E-state index contributed by atoms with van der Waals surface area (Å²) in [6, 6.07) is 8.80. The lowest BCUT2D eigenvalue weighted by Gasteiger charge is -2.09. The summed E-state index contributed by atoms with van der Waals surface area (Å²) in [4.78, 5) is 21.9. The molecule has 4 N–H and O–H groups in total. The Bertz CT molecular complexity index is 398. The minimum Gasteiger partial charge on any atom is -0.544 e. The lowest BCUT2D eigenvalue weighted by molar-refractivity contribution is -0.431. The molecule has 1 aromatic rings. The van der Waals surface area contributed by atoms with Crippen molar-refractivity contribution in [1.29, 1.82) is 0 Å². The number of hydrogen-bond acceptors (Lipinski definition) is 4. The highest BCUT2D eigenvalue weighted by atomic mass is 32.2. The SMILES string of the molecule is [NH3+][C@@H](CSCC(=O)NCc1ccccc1)C(=O)[O-]. The number of amides is 1. The molecular formula is C12H16N2O3S. The molecule has 1 aromatic carbocycles. The van der Waals surface area contributed by atoms with Crippen molar-refractivity contribution in [2.45, 2.75) is 12.6 Å². The van der Waals surface area contributed by atoms with Crippen molar-refractivity contribution in [2.75, 3.05) is 11.5 Å². The Kier molecular flexibility index (Phi) is 6.24. The van der Waals surface area contributed by atoms with E-state index in [2.05, 4.69) is 11.1 Å². The van der Waals surface area contributed by atoms with Crippen molar-refractivity contribution in [3.05, 3.63) is 35.9 Å². The topological polar surface area (TPSA) is 96.9 Å². The van der Waals surface area contributed by atoms with Crippen molar-refractivity contribution in [3.63, 3.8) is 0 Å². The first kappa shape index (κ1) is 14.5. The van der Waals surface area contributed by atoms with E-state index in [0.717, 1.165) is 5.56 Å². The zero-order valence-electron chi connectivity index (χ0n) is 9.93. The third kappa shape index (κ3) is 5.70. The molecule has 0 unspecified atom stereocenters. The van der Waals surface area contributed by atoms with Crippen LogP contribution in [0.1, 0.15) is 5.56 Å². The first-order valence-corrected chi connectivity index (χ1v) is 6.67. The molecule has 0 bridgehead atoms. The van der Waals surface area contributed by atoms with Gasteiger partial charge in [-0.3, -0.25) is 4.79 Å². The number of benzene rings is 1. The van der Waals surface area contributed by atoms with Crippen LogP contribution < -0.4 is 16.2 Å². The molecule has 1 atom stereocenters. The van der Waals surface area contributed by atoms with Crippen molar-refractivity contribution >= 4 is 23.6 Å². The predicted molar refractivity (Wildman–Crippen MR) is 67.3 cm³/mol. The van der Waals surface area contributed by atoms with Gasteiger partial charge < -0.3 is 21.0 Å². The molecule has 1 rings (SSSR count). The molecule has 6 heteroatoms. The molecule has 0 aliphatic carbocycles. The lowest BCUT2D eigenvalue weighted by Crippen LogP contribution is -2.69. The Hall–Kier alpha value is -1.53. The van der Waals surface area contributed by atoms with Gasteiger partial charge in [-0.1, -0.05) is 30.3 Å². The van der Waals surface area contributed by atoms with Gasteiger partial charge in [-0.05, 0) is 5.56 Å². The van der Waals surface area contributed by atoms with E-state index in [0.29, 0.717) is 6.54 Å². The normalized spacial score (nSPS) is 11.8. The van der Waals surface area contributed by atoms with Gasteiger partial charge in [0.25, 0.3) is 0 Å². The van der Waals surface area contributed by atoms with Gasteiger partial charge in [-0.2, -0.15) is 0 Å². The Balaban J connectivity index is 2.17.